The Morgan fingerprint density at radius 2 is 1.77 bits per heavy atom. The lowest BCUT2D eigenvalue weighted by Gasteiger charge is -2.42. The Balaban J connectivity index is 1.58. The minimum Gasteiger partial charge on any atom is -0.367 e. The molecule has 0 bridgehead atoms. The summed E-state index contributed by atoms with van der Waals surface area (Å²) in [5.41, 5.74) is 0.724. The van der Waals surface area contributed by atoms with Crippen molar-refractivity contribution in [3.05, 3.63) is 28.9 Å². The van der Waals surface area contributed by atoms with Gasteiger partial charge in [0.25, 0.3) is 0 Å². The Morgan fingerprint density at radius 3 is 2.36 bits per heavy atom. The number of piperidine rings is 1. The van der Waals surface area contributed by atoms with E-state index >= 15 is 0 Å². The fourth-order valence-electron chi connectivity index (χ4n) is 3.50. The van der Waals surface area contributed by atoms with Crippen molar-refractivity contribution < 1.29 is 4.39 Å². The van der Waals surface area contributed by atoms with Crippen LogP contribution in [0, 0.1) is 10.7 Å². The number of hydrogen-bond acceptors (Lipinski definition) is 5. The number of likely N-dealkylation sites (tertiary alicyclic amines) is 1. The normalized spacial score (nSPS) is 22.0. The second kappa shape index (κ2) is 6.71. The van der Waals surface area contributed by atoms with Crippen LogP contribution in [0.2, 0.25) is 0 Å². The van der Waals surface area contributed by atoms with E-state index in [0.29, 0.717) is 11.7 Å². The van der Waals surface area contributed by atoms with E-state index in [4.69, 9.17) is 0 Å². The van der Waals surface area contributed by atoms with Gasteiger partial charge in [-0.3, -0.25) is 4.90 Å². The van der Waals surface area contributed by atoms with Crippen LogP contribution < -0.4 is 4.90 Å². The van der Waals surface area contributed by atoms with Crippen LogP contribution in [0.3, 0.4) is 0 Å². The highest BCUT2D eigenvalue weighted by Crippen LogP contribution is 2.26. The second-order valence-corrected chi connectivity index (χ2v) is 6.28. The van der Waals surface area contributed by atoms with Crippen molar-refractivity contribution in [2.24, 2.45) is 5.18 Å². The van der Waals surface area contributed by atoms with Crippen molar-refractivity contribution in [2.45, 2.75) is 18.9 Å². The van der Waals surface area contributed by atoms with E-state index in [1.807, 2.05) is 0 Å². The number of piperazine rings is 1. The Labute approximate surface area is 130 Å². The third-order valence-electron chi connectivity index (χ3n) is 4.90. The minimum atomic E-state index is -0.357. The lowest BCUT2D eigenvalue weighted by atomic mass is 10.0. The second-order valence-electron chi connectivity index (χ2n) is 6.28. The van der Waals surface area contributed by atoms with Crippen molar-refractivity contribution in [1.29, 1.82) is 0 Å². The number of benzene rings is 1. The van der Waals surface area contributed by atoms with Crippen LogP contribution in [0.1, 0.15) is 12.8 Å². The molecule has 0 aromatic heterocycles. The molecule has 120 valence electrons. The van der Waals surface area contributed by atoms with Crippen molar-refractivity contribution >= 4 is 11.4 Å². The molecule has 22 heavy (non-hydrogen) atoms. The average Bonchev–Trinajstić information content (AvgIpc) is 2.56. The lowest BCUT2D eigenvalue weighted by molar-refractivity contribution is 0.115. The Bertz CT molecular complexity index is 523. The number of nitrogens with zero attached hydrogens (tertiary/aromatic N) is 4. The molecule has 5 nitrogen and oxygen atoms in total. The molecule has 2 fully saturated rings. The summed E-state index contributed by atoms with van der Waals surface area (Å²) in [4.78, 5) is 17.4. The summed E-state index contributed by atoms with van der Waals surface area (Å²) in [5.74, 6) is -0.357. The quantitative estimate of drug-likeness (QED) is 0.804. The molecule has 0 N–H and O–H groups in total. The highest BCUT2D eigenvalue weighted by atomic mass is 19.1. The summed E-state index contributed by atoms with van der Waals surface area (Å²) in [6, 6.07) is 5.13. The number of rotatable bonds is 3. The van der Waals surface area contributed by atoms with Crippen LogP contribution in [-0.4, -0.2) is 62.2 Å². The molecule has 0 spiro atoms. The van der Waals surface area contributed by atoms with Gasteiger partial charge in [0, 0.05) is 38.3 Å². The van der Waals surface area contributed by atoms with Gasteiger partial charge in [-0.25, -0.2) is 4.39 Å². The van der Waals surface area contributed by atoms with Gasteiger partial charge >= 0.3 is 0 Å². The van der Waals surface area contributed by atoms with Gasteiger partial charge in [-0.2, -0.15) is 0 Å². The first-order chi connectivity index (χ1) is 10.7. The third-order valence-corrected chi connectivity index (χ3v) is 4.90. The SMILES string of the molecule is CN1CCC(N2CCN(c3ccc(N=O)cc3F)CC2)CC1. The van der Waals surface area contributed by atoms with E-state index < -0.39 is 0 Å². The molecule has 2 heterocycles. The smallest absolute Gasteiger partial charge is 0.148 e. The van der Waals surface area contributed by atoms with Crippen molar-refractivity contribution in [3.8, 4) is 0 Å². The first-order valence-electron chi connectivity index (χ1n) is 7.98. The summed E-state index contributed by atoms with van der Waals surface area (Å²) in [5, 5.41) is 2.78. The standard InChI is InChI=1S/C16H23FN4O/c1-19-6-4-14(5-7-19)20-8-10-21(11-9-20)16-3-2-13(18-22)12-15(16)17/h2-3,12,14H,4-11H2,1H3. The van der Waals surface area contributed by atoms with Crippen LogP contribution in [0.5, 0.6) is 0 Å². The number of nitroso groups, excluding NO2 is 1. The molecule has 0 unspecified atom stereocenters. The summed E-state index contributed by atoms with van der Waals surface area (Å²) >= 11 is 0. The molecule has 0 amide bonds. The van der Waals surface area contributed by atoms with Crippen LogP contribution in [0.15, 0.2) is 23.4 Å². The maximum Gasteiger partial charge on any atom is 0.148 e. The molecule has 0 saturated carbocycles. The summed E-state index contributed by atoms with van der Waals surface area (Å²) in [6.45, 7) is 5.94. The highest BCUT2D eigenvalue weighted by Gasteiger charge is 2.27. The predicted octanol–water partition coefficient (Wildman–Crippen LogP) is 2.44. The number of halogens is 1. The van der Waals surface area contributed by atoms with Crippen LogP contribution in [0.4, 0.5) is 15.8 Å². The predicted molar refractivity (Wildman–Crippen MR) is 86.2 cm³/mol. The largest absolute Gasteiger partial charge is 0.367 e. The van der Waals surface area contributed by atoms with E-state index in [0.717, 1.165) is 26.2 Å². The molecule has 6 heteroatoms. The molecule has 0 aliphatic carbocycles. The molecule has 0 atom stereocenters. The first-order valence-corrected chi connectivity index (χ1v) is 7.98. The van der Waals surface area contributed by atoms with Gasteiger partial charge in [0.05, 0.1) is 5.69 Å². The topological polar surface area (TPSA) is 39.1 Å². The third kappa shape index (κ3) is 3.28. The lowest BCUT2D eigenvalue weighted by Crippen LogP contribution is -2.53. The average molecular weight is 306 g/mol. The first kappa shape index (κ1) is 15.4. The fraction of sp³-hybridized carbons (Fsp3) is 0.625. The van der Waals surface area contributed by atoms with E-state index in [1.54, 1.807) is 12.1 Å². The Kier molecular flexibility index (Phi) is 4.69. The van der Waals surface area contributed by atoms with Crippen molar-refractivity contribution in [2.75, 3.05) is 51.2 Å². The molecule has 2 aliphatic rings. The maximum absolute atomic E-state index is 14.1. The molecular weight excluding hydrogens is 283 g/mol. The van der Waals surface area contributed by atoms with Gasteiger partial charge in [-0.15, -0.1) is 4.91 Å². The van der Waals surface area contributed by atoms with Crippen LogP contribution >= 0.6 is 0 Å². The Morgan fingerprint density at radius 1 is 1.09 bits per heavy atom. The molecule has 1 aromatic carbocycles. The fourth-order valence-corrected chi connectivity index (χ4v) is 3.50. The molecule has 3 rings (SSSR count). The Hall–Kier alpha value is -1.53. The van der Waals surface area contributed by atoms with Gasteiger partial charge < -0.3 is 9.80 Å². The summed E-state index contributed by atoms with van der Waals surface area (Å²) in [6.07, 6.45) is 2.45. The van der Waals surface area contributed by atoms with Gasteiger partial charge in [-0.05, 0) is 50.3 Å². The summed E-state index contributed by atoms with van der Waals surface area (Å²) in [7, 11) is 2.18. The van der Waals surface area contributed by atoms with Gasteiger partial charge in [0.15, 0.2) is 0 Å². The van der Waals surface area contributed by atoms with E-state index in [9.17, 15) is 9.30 Å². The van der Waals surface area contributed by atoms with E-state index in [-0.39, 0.29) is 11.5 Å². The molecule has 2 saturated heterocycles. The highest BCUT2D eigenvalue weighted by molar-refractivity contribution is 5.54. The van der Waals surface area contributed by atoms with Gasteiger partial charge in [-0.1, -0.05) is 0 Å². The number of hydrogen-bond donors (Lipinski definition) is 0. The van der Waals surface area contributed by atoms with Crippen molar-refractivity contribution in [1.82, 2.24) is 9.80 Å². The minimum absolute atomic E-state index is 0.145. The van der Waals surface area contributed by atoms with Crippen molar-refractivity contribution in [3.63, 3.8) is 0 Å². The zero-order chi connectivity index (χ0) is 15.5. The van der Waals surface area contributed by atoms with Gasteiger partial charge in [0.1, 0.15) is 11.5 Å². The maximum atomic E-state index is 14.1. The van der Waals surface area contributed by atoms with Crippen LogP contribution in [0.25, 0.3) is 0 Å². The zero-order valence-corrected chi connectivity index (χ0v) is 13.0. The van der Waals surface area contributed by atoms with E-state index in [1.165, 1.54) is 32.0 Å². The van der Waals surface area contributed by atoms with Crippen LogP contribution in [-0.2, 0) is 0 Å². The van der Waals surface area contributed by atoms with E-state index in [2.05, 4.69) is 26.9 Å². The monoisotopic (exact) mass is 306 g/mol. The zero-order valence-electron chi connectivity index (χ0n) is 13.0. The summed E-state index contributed by atoms with van der Waals surface area (Å²) < 4.78 is 14.1. The molecule has 1 aromatic rings. The molecular formula is C16H23FN4O. The van der Waals surface area contributed by atoms with Gasteiger partial charge in [0.2, 0.25) is 0 Å². The molecule has 2 aliphatic heterocycles. The molecule has 0 radical (unpaired) electrons. The number of anilines is 1.